The van der Waals surface area contributed by atoms with E-state index in [-0.39, 0.29) is 0 Å². The lowest BCUT2D eigenvalue weighted by molar-refractivity contribution is 0.441. The molecule has 0 saturated heterocycles. The van der Waals surface area contributed by atoms with Gasteiger partial charge in [-0.15, -0.1) is 0 Å². The number of fused-ring (bicyclic) bond motifs is 1. The molecule has 0 atom stereocenters. The summed E-state index contributed by atoms with van der Waals surface area (Å²) in [6.07, 6.45) is 2.81. The average Bonchev–Trinajstić information content (AvgIpc) is 3.14. The van der Waals surface area contributed by atoms with Gasteiger partial charge in [-0.25, -0.2) is 8.42 Å². The lowest BCUT2D eigenvalue weighted by Gasteiger charge is -2.27. The van der Waals surface area contributed by atoms with Crippen molar-refractivity contribution in [1.82, 2.24) is 8.87 Å². The van der Waals surface area contributed by atoms with Crippen LogP contribution in [0.5, 0.6) is 0 Å². The van der Waals surface area contributed by atoms with Crippen LogP contribution in [0.1, 0.15) is 45.5 Å². The second kappa shape index (κ2) is 9.38. The summed E-state index contributed by atoms with van der Waals surface area (Å²) in [4.78, 5) is 0.425. The summed E-state index contributed by atoms with van der Waals surface area (Å²) >= 11 is 0. The number of rotatable bonds is 5. The third-order valence-electron chi connectivity index (χ3n) is 7.72. The first-order valence-corrected chi connectivity index (χ1v) is 14.0. The van der Waals surface area contributed by atoms with E-state index in [1.54, 1.807) is 4.31 Å². The Labute approximate surface area is 214 Å². The summed E-state index contributed by atoms with van der Waals surface area (Å²) < 4.78 is 31.1. The fourth-order valence-electron chi connectivity index (χ4n) is 5.44. The molecule has 1 aromatic heterocycles. The SMILES string of the molecule is Cc1cc(C)c(S(=O)(=O)N2CC=C(c3c(C)n(Cc4ccccc4C)c4ccccc34)CC2)cc1C. The number of hydrogen-bond donors (Lipinski definition) is 0. The zero-order valence-electron chi connectivity index (χ0n) is 21.8. The van der Waals surface area contributed by atoms with Crippen molar-refractivity contribution >= 4 is 26.5 Å². The van der Waals surface area contributed by atoms with Gasteiger partial charge in [0.05, 0.1) is 4.90 Å². The van der Waals surface area contributed by atoms with Gasteiger partial charge in [-0.2, -0.15) is 4.31 Å². The van der Waals surface area contributed by atoms with Gasteiger partial charge < -0.3 is 4.57 Å². The summed E-state index contributed by atoms with van der Waals surface area (Å²) in [6.45, 7) is 11.9. The number of sulfonamides is 1. The zero-order chi connectivity index (χ0) is 25.6. The minimum atomic E-state index is -3.55. The zero-order valence-corrected chi connectivity index (χ0v) is 22.6. The molecule has 1 aliphatic heterocycles. The van der Waals surface area contributed by atoms with Gasteiger partial charge in [0.15, 0.2) is 0 Å². The van der Waals surface area contributed by atoms with Crippen LogP contribution in [0, 0.1) is 34.6 Å². The van der Waals surface area contributed by atoms with Crippen LogP contribution in [0.3, 0.4) is 0 Å². The molecule has 5 rings (SSSR count). The molecule has 0 amide bonds. The highest BCUT2D eigenvalue weighted by molar-refractivity contribution is 7.89. The van der Waals surface area contributed by atoms with Crippen molar-refractivity contribution in [2.45, 2.75) is 52.5 Å². The molecule has 0 unspecified atom stereocenters. The first-order valence-electron chi connectivity index (χ1n) is 12.6. The Morgan fingerprint density at radius 1 is 0.806 bits per heavy atom. The standard InChI is InChI=1S/C31H34N2O2S/c1-21-10-6-7-11-27(21)20-33-25(5)31(28-12-8-9-13-29(28)33)26-14-16-32(17-15-26)36(34,35)30-19-23(3)22(2)18-24(30)4/h6-14,18-19H,15-17,20H2,1-5H3. The second-order valence-corrected chi connectivity index (χ2v) is 11.9. The molecule has 186 valence electrons. The highest BCUT2D eigenvalue weighted by Crippen LogP contribution is 2.36. The molecule has 0 saturated carbocycles. The van der Waals surface area contributed by atoms with E-state index in [4.69, 9.17) is 0 Å². The molecular weight excluding hydrogens is 464 g/mol. The van der Waals surface area contributed by atoms with Crippen LogP contribution < -0.4 is 0 Å². The van der Waals surface area contributed by atoms with Crippen molar-refractivity contribution in [2.24, 2.45) is 0 Å². The monoisotopic (exact) mass is 498 g/mol. The molecule has 0 spiro atoms. The number of aryl methyl sites for hydroxylation is 4. The first-order chi connectivity index (χ1) is 17.2. The maximum absolute atomic E-state index is 13.5. The van der Waals surface area contributed by atoms with Crippen LogP contribution in [0.25, 0.3) is 16.5 Å². The van der Waals surface area contributed by atoms with E-state index in [1.807, 2.05) is 32.9 Å². The van der Waals surface area contributed by atoms with Crippen LogP contribution in [0.4, 0.5) is 0 Å². The molecular formula is C31H34N2O2S. The Kier molecular flexibility index (Phi) is 6.39. The van der Waals surface area contributed by atoms with Gasteiger partial charge in [0.2, 0.25) is 10.0 Å². The molecule has 36 heavy (non-hydrogen) atoms. The van der Waals surface area contributed by atoms with Crippen LogP contribution in [0.15, 0.2) is 71.6 Å². The van der Waals surface area contributed by atoms with Crippen molar-refractivity contribution < 1.29 is 8.42 Å². The number of para-hydroxylation sites is 1. The predicted molar refractivity (Wildman–Crippen MR) is 149 cm³/mol. The summed E-state index contributed by atoms with van der Waals surface area (Å²) in [5.74, 6) is 0. The minimum absolute atomic E-state index is 0.390. The fraction of sp³-hybridized carbons (Fsp3) is 0.290. The lowest BCUT2D eigenvalue weighted by atomic mass is 9.97. The van der Waals surface area contributed by atoms with E-state index in [0.717, 1.165) is 23.2 Å². The smallest absolute Gasteiger partial charge is 0.243 e. The lowest BCUT2D eigenvalue weighted by Crippen LogP contribution is -2.35. The Hall–Kier alpha value is -3.15. The predicted octanol–water partition coefficient (Wildman–Crippen LogP) is 6.71. The average molecular weight is 499 g/mol. The van der Waals surface area contributed by atoms with Crippen molar-refractivity contribution in [3.63, 3.8) is 0 Å². The first kappa shape index (κ1) is 24.5. The van der Waals surface area contributed by atoms with Gasteiger partial charge >= 0.3 is 0 Å². The van der Waals surface area contributed by atoms with Crippen LogP contribution in [-0.4, -0.2) is 30.4 Å². The number of hydrogen-bond acceptors (Lipinski definition) is 2. The van der Waals surface area contributed by atoms with Gasteiger partial charge in [0.25, 0.3) is 0 Å². The second-order valence-electron chi connectivity index (χ2n) is 10.0. The number of aromatic nitrogens is 1. The number of benzene rings is 3. The van der Waals surface area contributed by atoms with Crippen LogP contribution in [0.2, 0.25) is 0 Å². The molecule has 2 heterocycles. The topological polar surface area (TPSA) is 42.3 Å². The van der Waals surface area contributed by atoms with E-state index in [9.17, 15) is 8.42 Å². The van der Waals surface area contributed by atoms with E-state index >= 15 is 0 Å². The van der Waals surface area contributed by atoms with Crippen molar-refractivity contribution in [1.29, 1.82) is 0 Å². The Balaban J connectivity index is 1.50. The van der Waals surface area contributed by atoms with Crippen molar-refractivity contribution in [3.8, 4) is 0 Å². The van der Waals surface area contributed by atoms with Crippen LogP contribution in [-0.2, 0) is 16.6 Å². The molecule has 0 radical (unpaired) electrons. The summed E-state index contributed by atoms with van der Waals surface area (Å²) in [5.41, 5.74) is 10.5. The molecule has 4 aromatic rings. The summed E-state index contributed by atoms with van der Waals surface area (Å²) in [7, 11) is -3.55. The van der Waals surface area contributed by atoms with Gasteiger partial charge in [-0.3, -0.25) is 0 Å². The van der Waals surface area contributed by atoms with E-state index in [2.05, 4.69) is 73.0 Å². The third kappa shape index (κ3) is 4.21. The highest BCUT2D eigenvalue weighted by atomic mass is 32.2. The largest absolute Gasteiger partial charge is 0.340 e. The van der Waals surface area contributed by atoms with Gasteiger partial charge in [-0.05, 0) is 86.6 Å². The Bertz CT molecular complexity index is 1610. The molecule has 0 N–H and O–H groups in total. The van der Waals surface area contributed by atoms with E-state index < -0.39 is 10.0 Å². The third-order valence-corrected chi connectivity index (χ3v) is 9.73. The minimum Gasteiger partial charge on any atom is -0.340 e. The maximum Gasteiger partial charge on any atom is 0.243 e. The fourth-order valence-corrected chi connectivity index (χ4v) is 7.12. The summed E-state index contributed by atoms with van der Waals surface area (Å²) in [6, 6.07) is 20.9. The van der Waals surface area contributed by atoms with Gasteiger partial charge in [0, 0.05) is 41.8 Å². The van der Waals surface area contributed by atoms with Gasteiger partial charge in [0.1, 0.15) is 0 Å². The van der Waals surface area contributed by atoms with Crippen molar-refractivity contribution in [2.75, 3.05) is 13.1 Å². The molecule has 0 aliphatic carbocycles. The quantitative estimate of drug-likeness (QED) is 0.307. The van der Waals surface area contributed by atoms with E-state index in [1.165, 1.54) is 38.9 Å². The Morgan fingerprint density at radius 3 is 2.22 bits per heavy atom. The molecule has 4 nitrogen and oxygen atoms in total. The molecule has 3 aromatic carbocycles. The maximum atomic E-state index is 13.5. The van der Waals surface area contributed by atoms with Crippen LogP contribution >= 0.6 is 0 Å². The van der Waals surface area contributed by atoms with Gasteiger partial charge in [-0.1, -0.05) is 54.6 Å². The molecule has 0 fully saturated rings. The van der Waals surface area contributed by atoms with Crippen molar-refractivity contribution in [3.05, 3.63) is 106 Å². The highest BCUT2D eigenvalue weighted by Gasteiger charge is 2.29. The summed E-state index contributed by atoms with van der Waals surface area (Å²) in [5, 5.41) is 1.23. The normalized spacial score (nSPS) is 14.9. The molecule has 0 bridgehead atoms. The Morgan fingerprint density at radius 2 is 1.50 bits per heavy atom. The molecule has 1 aliphatic rings. The van der Waals surface area contributed by atoms with E-state index in [0.29, 0.717) is 24.4 Å². The number of nitrogens with zero attached hydrogens (tertiary/aromatic N) is 2. The molecule has 5 heteroatoms.